The van der Waals surface area contributed by atoms with Crippen molar-refractivity contribution in [1.29, 1.82) is 0 Å². The van der Waals surface area contributed by atoms with Crippen molar-refractivity contribution in [2.45, 2.75) is 12.2 Å². The first-order valence-electron chi connectivity index (χ1n) is 8.09. The molecular formula is C18H20N4O2S2. The molecule has 0 radical (unpaired) electrons. The topological polar surface area (TPSA) is 60.7 Å². The average Bonchev–Trinajstić information content (AvgIpc) is 3.09. The molecule has 0 atom stereocenters. The van der Waals surface area contributed by atoms with Gasteiger partial charge in [-0.3, -0.25) is 4.40 Å². The van der Waals surface area contributed by atoms with E-state index in [9.17, 15) is 0 Å². The molecule has 0 aliphatic heterocycles. The van der Waals surface area contributed by atoms with Crippen LogP contribution in [0.2, 0.25) is 0 Å². The second-order valence-electron chi connectivity index (χ2n) is 5.50. The number of thioether (sulfide) groups is 1. The van der Waals surface area contributed by atoms with Gasteiger partial charge >= 0.3 is 0 Å². The molecule has 0 amide bonds. The maximum atomic E-state index is 5.39. The number of hydrogen-bond donors (Lipinski definition) is 1. The van der Waals surface area contributed by atoms with Gasteiger partial charge in [-0.2, -0.15) is 0 Å². The minimum absolute atomic E-state index is 0.704. The molecule has 6 nitrogen and oxygen atoms in total. The summed E-state index contributed by atoms with van der Waals surface area (Å²) in [4.78, 5) is 8.68. The molecule has 0 saturated carbocycles. The number of thiocarbonyl (C=S) groups is 1. The van der Waals surface area contributed by atoms with Crippen molar-refractivity contribution in [2.24, 2.45) is 0 Å². The van der Waals surface area contributed by atoms with Crippen molar-refractivity contribution >= 4 is 34.1 Å². The molecule has 26 heavy (non-hydrogen) atoms. The van der Waals surface area contributed by atoms with E-state index in [0.717, 1.165) is 40.0 Å². The van der Waals surface area contributed by atoms with Crippen LogP contribution in [0.15, 0.2) is 42.9 Å². The van der Waals surface area contributed by atoms with Gasteiger partial charge in [0.2, 0.25) is 5.78 Å². The first-order chi connectivity index (χ1) is 12.7. The molecule has 0 unspecified atom stereocenters. The monoisotopic (exact) mass is 388 g/mol. The highest BCUT2D eigenvalue weighted by Gasteiger charge is 2.06. The van der Waals surface area contributed by atoms with Crippen molar-refractivity contribution in [3.63, 3.8) is 0 Å². The third-order valence-electron chi connectivity index (χ3n) is 3.77. The molecule has 0 spiro atoms. The Hall–Kier alpha value is -2.32. The van der Waals surface area contributed by atoms with E-state index < -0.39 is 0 Å². The van der Waals surface area contributed by atoms with Crippen molar-refractivity contribution in [1.82, 2.24) is 19.7 Å². The maximum absolute atomic E-state index is 5.39. The predicted molar refractivity (Wildman–Crippen MR) is 108 cm³/mol. The Kier molecular flexibility index (Phi) is 6.30. The van der Waals surface area contributed by atoms with E-state index in [4.69, 9.17) is 21.7 Å². The summed E-state index contributed by atoms with van der Waals surface area (Å²) in [7, 11) is 3.27. The Morgan fingerprint density at radius 3 is 2.88 bits per heavy atom. The fraction of sp³-hybridized carbons (Fsp3) is 0.278. The van der Waals surface area contributed by atoms with Crippen LogP contribution >= 0.6 is 24.0 Å². The first-order valence-corrected chi connectivity index (χ1v) is 9.49. The van der Waals surface area contributed by atoms with Crippen LogP contribution in [0.3, 0.4) is 0 Å². The second kappa shape index (κ2) is 8.86. The lowest BCUT2D eigenvalue weighted by atomic mass is 10.1. The standard InChI is InChI=1S/C18H20N4O2S2/c1-23-15-5-4-13(10-16(15)24-2)6-8-20-18(25)26-12-14-11-22-9-3-7-19-17(22)21-14/h3-5,7,9-11H,6,8,12H2,1-2H3,(H,20,25). The van der Waals surface area contributed by atoms with E-state index in [1.807, 2.05) is 41.1 Å². The van der Waals surface area contributed by atoms with Gasteiger partial charge in [-0.05, 0) is 30.2 Å². The summed E-state index contributed by atoms with van der Waals surface area (Å²) in [5.41, 5.74) is 2.12. The molecular weight excluding hydrogens is 368 g/mol. The predicted octanol–water partition coefficient (Wildman–Crippen LogP) is 3.10. The van der Waals surface area contributed by atoms with E-state index >= 15 is 0 Å². The number of nitrogens with zero attached hydrogens (tertiary/aromatic N) is 3. The molecule has 2 heterocycles. The molecule has 1 N–H and O–H groups in total. The lowest BCUT2D eigenvalue weighted by Gasteiger charge is -2.10. The van der Waals surface area contributed by atoms with E-state index in [0.29, 0.717) is 11.5 Å². The number of hydrogen-bond acceptors (Lipinski definition) is 6. The molecule has 2 aromatic heterocycles. The van der Waals surface area contributed by atoms with Crippen molar-refractivity contribution in [3.05, 3.63) is 54.1 Å². The Morgan fingerprint density at radius 2 is 2.12 bits per heavy atom. The van der Waals surface area contributed by atoms with Crippen LogP contribution in [0.4, 0.5) is 0 Å². The van der Waals surface area contributed by atoms with Crippen LogP contribution in [0.25, 0.3) is 5.78 Å². The van der Waals surface area contributed by atoms with Gasteiger partial charge in [0, 0.05) is 30.9 Å². The lowest BCUT2D eigenvalue weighted by Crippen LogP contribution is -2.21. The number of nitrogens with one attached hydrogen (secondary N) is 1. The average molecular weight is 389 g/mol. The summed E-state index contributed by atoms with van der Waals surface area (Å²) in [6.07, 6.45) is 6.49. The Bertz CT molecular complexity index is 865. The normalized spacial score (nSPS) is 10.7. The third-order valence-corrected chi connectivity index (χ3v) is 5.11. The quantitative estimate of drug-likeness (QED) is 0.624. The summed E-state index contributed by atoms with van der Waals surface area (Å²) in [5.74, 6) is 2.89. The number of fused-ring (bicyclic) bond motifs is 1. The molecule has 0 fully saturated rings. The van der Waals surface area contributed by atoms with Gasteiger partial charge in [0.1, 0.15) is 4.32 Å². The summed E-state index contributed by atoms with van der Waals surface area (Å²) >= 11 is 6.96. The van der Waals surface area contributed by atoms with Crippen LogP contribution in [0.5, 0.6) is 11.5 Å². The Morgan fingerprint density at radius 1 is 1.27 bits per heavy atom. The fourth-order valence-electron chi connectivity index (χ4n) is 2.48. The number of benzene rings is 1. The zero-order chi connectivity index (χ0) is 18.4. The number of ether oxygens (including phenoxy) is 2. The van der Waals surface area contributed by atoms with E-state index in [-0.39, 0.29) is 0 Å². The number of imidazole rings is 1. The number of methoxy groups -OCH3 is 2. The van der Waals surface area contributed by atoms with Crippen LogP contribution in [-0.2, 0) is 12.2 Å². The minimum atomic E-state index is 0.704. The molecule has 0 bridgehead atoms. The Balaban J connectivity index is 1.45. The van der Waals surface area contributed by atoms with E-state index in [1.54, 1.807) is 32.2 Å². The fourth-order valence-corrected chi connectivity index (χ4v) is 3.39. The molecule has 8 heteroatoms. The highest BCUT2D eigenvalue weighted by molar-refractivity contribution is 8.22. The SMILES string of the molecule is COc1ccc(CCNC(=S)SCc2cn3cccnc3n2)cc1OC. The first kappa shape index (κ1) is 18.5. The summed E-state index contributed by atoms with van der Waals surface area (Å²) < 4.78 is 13.2. The zero-order valence-electron chi connectivity index (χ0n) is 14.6. The highest BCUT2D eigenvalue weighted by Crippen LogP contribution is 2.27. The van der Waals surface area contributed by atoms with E-state index in [1.165, 1.54) is 0 Å². The smallest absolute Gasteiger partial charge is 0.233 e. The summed E-state index contributed by atoms with van der Waals surface area (Å²) in [5, 5.41) is 3.27. The van der Waals surface area contributed by atoms with Crippen molar-refractivity contribution < 1.29 is 9.47 Å². The van der Waals surface area contributed by atoms with Crippen LogP contribution in [0.1, 0.15) is 11.3 Å². The van der Waals surface area contributed by atoms with E-state index in [2.05, 4.69) is 15.3 Å². The van der Waals surface area contributed by atoms with Gasteiger partial charge in [-0.1, -0.05) is 30.0 Å². The molecule has 136 valence electrons. The molecule has 3 aromatic rings. The molecule has 1 aromatic carbocycles. The van der Waals surface area contributed by atoms with Gasteiger partial charge in [-0.15, -0.1) is 0 Å². The van der Waals surface area contributed by atoms with Crippen LogP contribution < -0.4 is 14.8 Å². The third kappa shape index (κ3) is 4.64. The minimum Gasteiger partial charge on any atom is -0.493 e. The molecule has 3 rings (SSSR count). The lowest BCUT2D eigenvalue weighted by molar-refractivity contribution is 0.354. The maximum Gasteiger partial charge on any atom is 0.233 e. The second-order valence-corrected chi connectivity index (χ2v) is 7.15. The van der Waals surface area contributed by atoms with Gasteiger partial charge < -0.3 is 14.8 Å². The zero-order valence-corrected chi connectivity index (χ0v) is 16.3. The summed E-state index contributed by atoms with van der Waals surface area (Å²) in [6.45, 7) is 0.758. The van der Waals surface area contributed by atoms with Crippen molar-refractivity contribution in [3.8, 4) is 11.5 Å². The van der Waals surface area contributed by atoms with Gasteiger partial charge in [0.25, 0.3) is 0 Å². The molecule has 0 saturated heterocycles. The van der Waals surface area contributed by atoms with Gasteiger partial charge in [0.15, 0.2) is 11.5 Å². The van der Waals surface area contributed by atoms with Crippen LogP contribution in [0, 0.1) is 0 Å². The van der Waals surface area contributed by atoms with Crippen molar-refractivity contribution in [2.75, 3.05) is 20.8 Å². The molecule has 0 aliphatic carbocycles. The van der Waals surface area contributed by atoms with Gasteiger partial charge in [-0.25, -0.2) is 9.97 Å². The highest BCUT2D eigenvalue weighted by atomic mass is 32.2. The summed E-state index contributed by atoms with van der Waals surface area (Å²) in [6, 6.07) is 7.81. The Labute approximate surface area is 161 Å². The number of rotatable bonds is 7. The molecule has 0 aliphatic rings. The van der Waals surface area contributed by atoms with Crippen LogP contribution in [-0.4, -0.2) is 39.5 Å². The number of aromatic nitrogens is 3. The van der Waals surface area contributed by atoms with Gasteiger partial charge in [0.05, 0.1) is 19.9 Å². The largest absolute Gasteiger partial charge is 0.493 e.